The van der Waals surface area contributed by atoms with E-state index in [2.05, 4.69) is 15.9 Å². The molecule has 1 saturated heterocycles. The van der Waals surface area contributed by atoms with Crippen LogP contribution in [0.4, 0.5) is 0 Å². The summed E-state index contributed by atoms with van der Waals surface area (Å²) in [5, 5.41) is 11.3. The molecule has 0 aromatic heterocycles. The number of rotatable bonds is 6. The van der Waals surface area contributed by atoms with Gasteiger partial charge in [0.2, 0.25) is 0 Å². The van der Waals surface area contributed by atoms with E-state index in [1.54, 1.807) is 12.1 Å². The van der Waals surface area contributed by atoms with Gasteiger partial charge in [-0.05, 0) is 50.0 Å². The molecule has 1 amide bonds. The number of likely N-dealkylation sites (tertiary alicyclic amines) is 1. The first-order valence-electron chi connectivity index (χ1n) is 9.27. The highest BCUT2D eigenvalue weighted by atomic mass is 79.9. The number of halogens is 2. The number of likely N-dealkylation sites (N-methyl/N-ethyl adjacent to an activating group) is 1. The maximum absolute atomic E-state index is 13.0. The summed E-state index contributed by atoms with van der Waals surface area (Å²) in [4.78, 5) is 29.2. The largest absolute Gasteiger partial charge is 0.507 e. The molecule has 0 spiro atoms. The predicted octanol–water partition coefficient (Wildman–Crippen LogP) is 4.09. The highest BCUT2D eigenvalue weighted by molar-refractivity contribution is 9.10. The number of carbonyl (C=O) groups is 2. The monoisotopic (exact) mass is 492 g/mol. The maximum Gasteiger partial charge on any atom is 0.295 e. The van der Waals surface area contributed by atoms with E-state index in [1.165, 1.54) is 18.1 Å². The highest BCUT2D eigenvalue weighted by Gasteiger charge is 2.45. The van der Waals surface area contributed by atoms with Crippen molar-refractivity contribution in [3.63, 3.8) is 0 Å². The standard InChI is InChI=1S/C22H22BrClN2O4/c1-25(2)9-10-26-19(13-5-4-6-15(23)11-13)18(21(28)22(26)29)20(27)14-7-8-17(30-3)16(24)12-14/h4-8,11-12,19,27H,9-10H2,1-3H3/b20-18+/t19-/m1/s1. The van der Waals surface area contributed by atoms with Crippen LogP contribution < -0.4 is 4.74 Å². The smallest absolute Gasteiger partial charge is 0.295 e. The van der Waals surface area contributed by atoms with Crippen LogP contribution in [0.5, 0.6) is 5.75 Å². The van der Waals surface area contributed by atoms with Gasteiger partial charge in [0.15, 0.2) is 0 Å². The number of hydrogen-bond donors (Lipinski definition) is 1. The molecule has 0 unspecified atom stereocenters. The molecule has 0 bridgehead atoms. The summed E-state index contributed by atoms with van der Waals surface area (Å²) in [6, 6.07) is 11.4. The van der Waals surface area contributed by atoms with Gasteiger partial charge in [-0.2, -0.15) is 0 Å². The van der Waals surface area contributed by atoms with Gasteiger partial charge in [0.05, 0.1) is 23.7 Å². The Morgan fingerprint density at radius 1 is 1.23 bits per heavy atom. The third-order valence-electron chi connectivity index (χ3n) is 4.92. The fraction of sp³-hybridized carbons (Fsp3) is 0.273. The molecule has 3 rings (SSSR count). The molecule has 1 atom stereocenters. The molecule has 8 heteroatoms. The van der Waals surface area contributed by atoms with Crippen LogP contribution in [0.1, 0.15) is 17.2 Å². The molecular formula is C22H22BrClN2O4. The number of methoxy groups -OCH3 is 1. The van der Waals surface area contributed by atoms with Crippen LogP contribution in [0.2, 0.25) is 5.02 Å². The first-order chi connectivity index (χ1) is 14.2. The Morgan fingerprint density at radius 2 is 1.97 bits per heavy atom. The summed E-state index contributed by atoms with van der Waals surface area (Å²) < 4.78 is 5.96. The molecule has 0 saturated carbocycles. The second-order valence-electron chi connectivity index (χ2n) is 7.20. The van der Waals surface area contributed by atoms with E-state index < -0.39 is 17.7 Å². The van der Waals surface area contributed by atoms with E-state index in [4.69, 9.17) is 16.3 Å². The fourth-order valence-electron chi connectivity index (χ4n) is 3.41. The lowest BCUT2D eigenvalue weighted by molar-refractivity contribution is -0.140. The van der Waals surface area contributed by atoms with Crippen molar-refractivity contribution in [2.24, 2.45) is 0 Å². The van der Waals surface area contributed by atoms with Crippen molar-refractivity contribution < 1.29 is 19.4 Å². The summed E-state index contributed by atoms with van der Waals surface area (Å²) in [6.07, 6.45) is 0. The molecule has 158 valence electrons. The molecule has 1 aliphatic heterocycles. The number of benzene rings is 2. The van der Waals surface area contributed by atoms with Crippen LogP contribution in [0, 0.1) is 0 Å². The number of ketones is 1. The second kappa shape index (κ2) is 9.20. The van der Waals surface area contributed by atoms with Gasteiger partial charge in [0.1, 0.15) is 11.5 Å². The molecule has 1 heterocycles. The Kier molecular flexibility index (Phi) is 6.85. The zero-order valence-electron chi connectivity index (χ0n) is 16.9. The minimum absolute atomic E-state index is 0.0399. The fourth-order valence-corrected chi connectivity index (χ4v) is 4.09. The topological polar surface area (TPSA) is 70.1 Å². The molecule has 1 N–H and O–H groups in total. The molecule has 0 radical (unpaired) electrons. The Balaban J connectivity index is 2.16. The minimum Gasteiger partial charge on any atom is -0.507 e. The Labute approximate surface area is 188 Å². The van der Waals surface area contributed by atoms with Crippen molar-refractivity contribution in [2.45, 2.75) is 6.04 Å². The van der Waals surface area contributed by atoms with E-state index in [0.29, 0.717) is 29.4 Å². The van der Waals surface area contributed by atoms with Gasteiger partial charge in [-0.1, -0.05) is 39.7 Å². The van der Waals surface area contributed by atoms with Crippen LogP contribution >= 0.6 is 27.5 Å². The van der Waals surface area contributed by atoms with Crippen molar-refractivity contribution in [3.05, 3.63) is 68.7 Å². The summed E-state index contributed by atoms with van der Waals surface area (Å²) >= 11 is 9.64. The van der Waals surface area contributed by atoms with Crippen molar-refractivity contribution in [3.8, 4) is 5.75 Å². The maximum atomic E-state index is 13.0. The average Bonchev–Trinajstić information content (AvgIpc) is 2.96. The van der Waals surface area contributed by atoms with Gasteiger partial charge in [0, 0.05) is 23.1 Å². The number of aliphatic hydroxyl groups is 1. The van der Waals surface area contributed by atoms with Crippen molar-refractivity contribution >= 4 is 45.0 Å². The third-order valence-corrected chi connectivity index (χ3v) is 5.71. The summed E-state index contributed by atoms with van der Waals surface area (Å²) in [6.45, 7) is 0.917. The molecule has 30 heavy (non-hydrogen) atoms. The number of nitrogens with zero attached hydrogens (tertiary/aromatic N) is 2. The summed E-state index contributed by atoms with van der Waals surface area (Å²) in [5.74, 6) is -1.18. The SMILES string of the molecule is COc1ccc(/C(O)=C2\C(=O)C(=O)N(CCN(C)C)[C@@H]2c2cccc(Br)c2)cc1Cl. The number of hydrogen-bond acceptors (Lipinski definition) is 5. The summed E-state index contributed by atoms with van der Waals surface area (Å²) in [5.41, 5.74) is 1.10. The molecule has 6 nitrogen and oxygen atoms in total. The molecule has 2 aromatic rings. The third kappa shape index (κ3) is 4.38. The van der Waals surface area contributed by atoms with E-state index in [0.717, 1.165) is 10.0 Å². The first-order valence-corrected chi connectivity index (χ1v) is 10.4. The van der Waals surface area contributed by atoms with Crippen LogP contribution in [-0.4, -0.2) is 60.9 Å². The Morgan fingerprint density at radius 3 is 2.57 bits per heavy atom. The lowest BCUT2D eigenvalue weighted by Gasteiger charge is -2.26. The van der Waals surface area contributed by atoms with Crippen molar-refractivity contribution in [1.82, 2.24) is 9.80 Å². The molecule has 2 aromatic carbocycles. The second-order valence-corrected chi connectivity index (χ2v) is 8.52. The van der Waals surface area contributed by atoms with Crippen LogP contribution in [0.3, 0.4) is 0 Å². The lowest BCUT2D eigenvalue weighted by atomic mass is 9.95. The van der Waals surface area contributed by atoms with E-state index in [1.807, 2.05) is 43.3 Å². The van der Waals surface area contributed by atoms with Crippen LogP contribution in [0.15, 0.2) is 52.5 Å². The lowest BCUT2D eigenvalue weighted by Crippen LogP contribution is -2.35. The van der Waals surface area contributed by atoms with Gasteiger partial charge in [-0.3, -0.25) is 9.59 Å². The van der Waals surface area contributed by atoms with E-state index >= 15 is 0 Å². The number of Topliss-reactive ketones (excluding diaryl/α,β-unsaturated/α-hetero) is 1. The Hall–Kier alpha value is -2.35. The molecular weight excluding hydrogens is 472 g/mol. The minimum atomic E-state index is -0.719. The first kappa shape index (κ1) is 22.3. The predicted molar refractivity (Wildman–Crippen MR) is 120 cm³/mol. The van der Waals surface area contributed by atoms with Gasteiger partial charge in [0.25, 0.3) is 11.7 Å². The Bertz CT molecular complexity index is 1020. The number of aliphatic hydroxyl groups excluding tert-OH is 1. The molecule has 1 fully saturated rings. The summed E-state index contributed by atoms with van der Waals surface area (Å²) in [7, 11) is 5.28. The van der Waals surface area contributed by atoms with Crippen molar-refractivity contribution in [2.75, 3.05) is 34.3 Å². The zero-order chi connectivity index (χ0) is 22.0. The van der Waals surface area contributed by atoms with Gasteiger partial charge >= 0.3 is 0 Å². The molecule has 1 aliphatic rings. The average molecular weight is 494 g/mol. The number of ether oxygens (including phenoxy) is 1. The van der Waals surface area contributed by atoms with Gasteiger partial charge in [-0.15, -0.1) is 0 Å². The van der Waals surface area contributed by atoms with E-state index in [9.17, 15) is 14.7 Å². The van der Waals surface area contributed by atoms with E-state index in [-0.39, 0.29) is 11.3 Å². The highest BCUT2D eigenvalue weighted by Crippen LogP contribution is 2.40. The quantitative estimate of drug-likeness (QED) is 0.373. The zero-order valence-corrected chi connectivity index (χ0v) is 19.2. The molecule has 0 aliphatic carbocycles. The van der Waals surface area contributed by atoms with Crippen LogP contribution in [-0.2, 0) is 9.59 Å². The van der Waals surface area contributed by atoms with Gasteiger partial charge < -0.3 is 19.6 Å². The number of amides is 1. The van der Waals surface area contributed by atoms with Crippen LogP contribution in [0.25, 0.3) is 5.76 Å². The normalized spacial score (nSPS) is 18.3. The van der Waals surface area contributed by atoms with Crippen molar-refractivity contribution in [1.29, 1.82) is 0 Å². The number of carbonyl (C=O) groups excluding carboxylic acids is 2. The van der Waals surface area contributed by atoms with Gasteiger partial charge in [-0.25, -0.2) is 0 Å².